The van der Waals surface area contributed by atoms with Gasteiger partial charge in [0, 0.05) is 5.92 Å². The molecule has 33 heavy (non-hydrogen) atoms. The molecule has 3 aromatic rings. The molecule has 10 heteroatoms. The molecule has 1 aliphatic rings. The maximum absolute atomic E-state index is 12.4. The van der Waals surface area contributed by atoms with Crippen molar-refractivity contribution in [2.45, 2.75) is 25.8 Å². The molecule has 0 radical (unpaired) electrons. The van der Waals surface area contributed by atoms with E-state index in [1.165, 1.54) is 0 Å². The molecule has 0 saturated heterocycles. The van der Waals surface area contributed by atoms with Gasteiger partial charge in [-0.3, -0.25) is 10.1 Å². The van der Waals surface area contributed by atoms with Crippen molar-refractivity contribution in [1.29, 1.82) is 0 Å². The number of hydrogen-bond donors (Lipinski definition) is 3. The van der Waals surface area contributed by atoms with Crippen molar-refractivity contribution < 1.29 is 28.9 Å². The molecule has 4 rings (SSSR count). The van der Waals surface area contributed by atoms with Crippen molar-refractivity contribution in [3.8, 4) is 11.1 Å². The summed E-state index contributed by atoms with van der Waals surface area (Å²) in [6.07, 6.45) is -0.847. The van der Waals surface area contributed by atoms with Gasteiger partial charge in [0.15, 0.2) is 0 Å². The third-order valence-corrected chi connectivity index (χ3v) is 5.49. The Hall–Kier alpha value is -4.21. The van der Waals surface area contributed by atoms with E-state index in [0.29, 0.717) is 0 Å². The summed E-state index contributed by atoms with van der Waals surface area (Å²) in [5, 5.41) is 20.9. The quantitative estimate of drug-likeness (QED) is 0.498. The second kappa shape index (κ2) is 9.11. The summed E-state index contributed by atoms with van der Waals surface area (Å²) in [6.45, 7) is 3.37. The molecule has 170 valence electrons. The molecule has 3 N–H and O–H groups in total. The number of rotatable bonds is 7. The highest BCUT2D eigenvalue weighted by atomic mass is 16.6. The molecule has 0 fully saturated rings. The van der Waals surface area contributed by atoms with Crippen molar-refractivity contribution in [2.24, 2.45) is 5.92 Å². The number of amides is 2. The lowest BCUT2D eigenvalue weighted by Crippen LogP contribution is -2.44. The van der Waals surface area contributed by atoms with Crippen molar-refractivity contribution in [3.63, 3.8) is 0 Å². The normalized spacial score (nSPS) is 13.2. The highest BCUT2D eigenvalue weighted by molar-refractivity contribution is 6.01. The van der Waals surface area contributed by atoms with Gasteiger partial charge in [0.25, 0.3) is 5.91 Å². The number of nitrogens with zero attached hydrogens (tertiary/aromatic N) is 2. The molecule has 2 amide bonds. The van der Waals surface area contributed by atoms with Gasteiger partial charge in [-0.2, -0.15) is 0 Å². The monoisotopic (exact) mass is 450 g/mol. The van der Waals surface area contributed by atoms with Gasteiger partial charge >= 0.3 is 12.1 Å². The first-order valence-corrected chi connectivity index (χ1v) is 10.3. The van der Waals surface area contributed by atoms with Crippen molar-refractivity contribution in [3.05, 3.63) is 65.4 Å². The second-order valence-corrected chi connectivity index (χ2v) is 7.95. The minimum absolute atomic E-state index is 0.0705. The number of fused-ring (bicyclic) bond motifs is 3. The number of carboxylic acids is 1. The predicted octanol–water partition coefficient (Wildman–Crippen LogP) is 3.27. The fraction of sp³-hybridized carbons (Fsp3) is 0.261. The lowest BCUT2D eigenvalue weighted by Gasteiger charge is -2.17. The number of ether oxygens (including phenoxy) is 1. The van der Waals surface area contributed by atoms with E-state index >= 15 is 0 Å². The third-order valence-electron chi connectivity index (χ3n) is 5.49. The van der Waals surface area contributed by atoms with Crippen LogP contribution in [0.5, 0.6) is 0 Å². The third kappa shape index (κ3) is 4.40. The van der Waals surface area contributed by atoms with E-state index in [1.54, 1.807) is 13.8 Å². The summed E-state index contributed by atoms with van der Waals surface area (Å²) in [7, 11) is 0. The number of carbonyl (C=O) groups excluding carboxylic acids is 2. The van der Waals surface area contributed by atoms with Gasteiger partial charge in [0.1, 0.15) is 12.6 Å². The van der Waals surface area contributed by atoms with Crippen LogP contribution in [0.15, 0.2) is 53.2 Å². The lowest BCUT2D eigenvalue weighted by atomic mass is 9.98. The van der Waals surface area contributed by atoms with Gasteiger partial charge in [0.2, 0.25) is 11.5 Å². The Balaban J connectivity index is 1.43. The standard InChI is InChI=1S/C23H22N4O6/c1-12(2)18(22(29)30)24-21(28)19-20(27-33-26-19)25-23(31)32-11-17-15-9-5-3-7-13(15)14-8-4-6-10-16(14)17/h3-10,12,17-18H,11H2,1-2H3,(H,24,28)(H,29,30)(H,25,27,31)/t18-/m1/s1. The molecule has 1 aliphatic carbocycles. The molecule has 0 aliphatic heterocycles. The summed E-state index contributed by atoms with van der Waals surface area (Å²) in [4.78, 5) is 36.2. The summed E-state index contributed by atoms with van der Waals surface area (Å²) in [6, 6.07) is 14.7. The number of aliphatic carboxylic acids is 1. The van der Waals surface area contributed by atoms with Crippen LogP contribution in [0.2, 0.25) is 0 Å². The zero-order valence-corrected chi connectivity index (χ0v) is 17.9. The predicted molar refractivity (Wildman–Crippen MR) is 117 cm³/mol. The number of carboxylic acid groups (broad SMARTS) is 1. The summed E-state index contributed by atoms with van der Waals surface area (Å²) in [5.74, 6) is -2.81. The van der Waals surface area contributed by atoms with Crippen LogP contribution in [-0.4, -0.2) is 46.0 Å². The highest BCUT2D eigenvalue weighted by Gasteiger charge is 2.30. The van der Waals surface area contributed by atoms with Crippen LogP contribution in [0.3, 0.4) is 0 Å². The number of benzene rings is 2. The van der Waals surface area contributed by atoms with Crippen LogP contribution in [0.1, 0.15) is 41.4 Å². The van der Waals surface area contributed by atoms with E-state index < -0.39 is 24.0 Å². The number of aromatic nitrogens is 2. The zero-order chi connectivity index (χ0) is 23.5. The Kier molecular flexibility index (Phi) is 6.07. The van der Waals surface area contributed by atoms with Gasteiger partial charge < -0.3 is 15.2 Å². The Bertz CT molecular complexity index is 1160. The first kappa shape index (κ1) is 22.0. The van der Waals surface area contributed by atoms with Gasteiger partial charge in [-0.15, -0.1) is 0 Å². The molecular weight excluding hydrogens is 428 g/mol. The molecule has 0 saturated carbocycles. The van der Waals surface area contributed by atoms with Crippen LogP contribution in [0.4, 0.5) is 10.6 Å². The Morgan fingerprint density at radius 1 is 1.03 bits per heavy atom. The highest BCUT2D eigenvalue weighted by Crippen LogP contribution is 2.44. The van der Waals surface area contributed by atoms with Crippen molar-refractivity contribution in [2.75, 3.05) is 11.9 Å². The van der Waals surface area contributed by atoms with Crippen LogP contribution in [-0.2, 0) is 9.53 Å². The van der Waals surface area contributed by atoms with Crippen LogP contribution in [0.25, 0.3) is 11.1 Å². The fourth-order valence-corrected chi connectivity index (χ4v) is 3.87. The Labute approximate surface area is 188 Å². The summed E-state index contributed by atoms with van der Waals surface area (Å²) >= 11 is 0. The number of carbonyl (C=O) groups is 3. The summed E-state index contributed by atoms with van der Waals surface area (Å²) < 4.78 is 9.98. The fourth-order valence-electron chi connectivity index (χ4n) is 3.87. The average Bonchev–Trinajstić information content (AvgIpc) is 3.38. The van der Waals surface area contributed by atoms with E-state index in [-0.39, 0.29) is 30.0 Å². The largest absolute Gasteiger partial charge is 0.480 e. The smallest absolute Gasteiger partial charge is 0.412 e. The Morgan fingerprint density at radius 3 is 2.21 bits per heavy atom. The molecule has 1 heterocycles. The van der Waals surface area contributed by atoms with E-state index in [4.69, 9.17) is 4.74 Å². The van der Waals surface area contributed by atoms with Gasteiger partial charge in [-0.25, -0.2) is 14.2 Å². The van der Waals surface area contributed by atoms with Crippen LogP contribution < -0.4 is 10.6 Å². The topological polar surface area (TPSA) is 144 Å². The molecule has 0 bridgehead atoms. The van der Waals surface area contributed by atoms with Crippen molar-refractivity contribution >= 4 is 23.8 Å². The Morgan fingerprint density at radius 2 is 1.64 bits per heavy atom. The van der Waals surface area contributed by atoms with Gasteiger partial charge in [-0.05, 0) is 38.5 Å². The van der Waals surface area contributed by atoms with Crippen LogP contribution >= 0.6 is 0 Å². The van der Waals surface area contributed by atoms with Crippen molar-refractivity contribution in [1.82, 2.24) is 15.6 Å². The zero-order valence-electron chi connectivity index (χ0n) is 17.9. The van der Waals surface area contributed by atoms with Gasteiger partial charge in [-0.1, -0.05) is 62.4 Å². The minimum Gasteiger partial charge on any atom is -0.480 e. The van der Waals surface area contributed by atoms with E-state index in [9.17, 15) is 19.5 Å². The lowest BCUT2D eigenvalue weighted by molar-refractivity contribution is -0.140. The number of hydrogen-bond acceptors (Lipinski definition) is 7. The molecule has 2 aromatic carbocycles. The maximum atomic E-state index is 12.4. The summed E-state index contributed by atoms with van der Waals surface area (Å²) in [5.41, 5.74) is 3.96. The molecular formula is C23H22N4O6. The molecule has 1 aromatic heterocycles. The van der Waals surface area contributed by atoms with E-state index in [1.807, 2.05) is 48.5 Å². The first-order chi connectivity index (χ1) is 15.9. The van der Waals surface area contributed by atoms with E-state index in [2.05, 4.69) is 25.6 Å². The van der Waals surface area contributed by atoms with Gasteiger partial charge in [0.05, 0.1) is 0 Å². The maximum Gasteiger partial charge on any atom is 0.412 e. The molecule has 1 atom stereocenters. The average molecular weight is 450 g/mol. The van der Waals surface area contributed by atoms with Crippen LogP contribution in [0, 0.1) is 5.92 Å². The number of anilines is 1. The second-order valence-electron chi connectivity index (χ2n) is 7.95. The SMILES string of the molecule is CC(C)[C@@H](NC(=O)c1nonc1NC(=O)OCC1c2ccccc2-c2ccccc21)C(=O)O. The molecule has 0 unspecified atom stereocenters. The first-order valence-electron chi connectivity index (χ1n) is 10.3. The minimum atomic E-state index is -1.19. The molecule has 0 spiro atoms. The molecule has 10 nitrogen and oxygen atoms in total. The van der Waals surface area contributed by atoms with E-state index in [0.717, 1.165) is 22.3 Å². The number of nitrogens with one attached hydrogen (secondary N) is 2.